The van der Waals surface area contributed by atoms with Crippen LogP contribution in [0.5, 0.6) is 5.75 Å². The maximum atomic E-state index is 12.0. The molecule has 148 valence electrons. The number of anilines is 1. The molecule has 0 saturated heterocycles. The van der Waals surface area contributed by atoms with Gasteiger partial charge in [0.15, 0.2) is 0 Å². The molecule has 2 aromatic carbocycles. The minimum atomic E-state index is -1.24. The first-order chi connectivity index (χ1) is 13.5. The van der Waals surface area contributed by atoms with Crippen molar-refractivity contribution in [3.8, 4) is 5.75 Å². The topological polar surface area (TPSA) is 114 Å². The molecule has 0 fully saturated rings. The van der Waals surface area contributed by atoms with E-state index in [9.17, 15) is 19.5 Å². The zero-order chi connectivity index (χ0) is 20.4. The van der Waals surface area contributed by atoms with Crippen LogP contribution in [-0.2, 0) is 20.9 Å². The molecule has 0 aliphatic rings. The summed E-state index contributed by atoms with van der Waals surface area (Å²) >= 11 is 0. The van der Waals surface area contributed by atoms with Gasteiger partial charge in [-0.3, -0.25) is 4.79 Å². The van der Waals surface area contributed by atoms with Crippen LogP contribution in [0.25, 0.3) is 0 Å². The summed E-state index contributed by atoms with van der Waals surface area (Å²) < 4.78 is 10.0. The standard InChI is InChI=1S/C20H22N2O6/c1-27-16-9-7-15(8-10-16)21-18(23)12-11-17(19(24)25)22-20(26)28-13-14-5-3-2-4-6-14/h2-10,17H,11-13H2,1H3,(H,21,23)(H,22,26)(H,24,25)/t17-/m0/s1. The SMILES string of the molecule is COc1ccc(NC(=O)CC[C@H](NC(=O)OCc2ccccc2)C(=O)O)cc1. The molecule has 0 heterocycles. The number of carbonyl (C=O) groups excluding carboxylic acids is 2. The second kappa shape index (κ2) is 10.6. The number of hydrogen-bond acceptors (Lipinski definition) is 5. The third-order valence-electron chi connectivity index (χ3n) is 3.84. The summed E-state index contributed by atoms with van der Waals surface area (Å²) in [7, 11) is 1.54. The molecule has 8 nitrogen and oxygen atoms in total. The van der Waals surface area contributed by atoms with E-state index in [4.69, 9.17) is 9.47 Å². The number of amides is 2. The van der Waals surface area contributed by atoms with Crippen LogP contribution < -0.4 is 15.4 Å². The average molecular weight is 386 g/mol. The fourth-order valence-corrected chi connectivity index (χ4v) is 2.34. The first-order valence-corrected chi connectivity index (χ1v) is 8.62. The molecule has 3 N–H and O–H groups in total. The van der Waals surface area contributed by atoms with Crippen LogP contribution >= 0.6 is 0 Å². The summed E-state index contributed by atoms with van der Waals surface area (Å²) in [4.78, 5) is 35.2. The third-order valence-corrected chi connectivity index (χ3v) is 3.84. The van der Waals surface area contributed by atoms with E-state index in [0.29, 0.717) is 11.4 Å². The van der Waals surface area contributed by atoms with Gasteiger partial charge >= 0.3 is 12.1 Å². The van der Waals surface area contributed by atoms with Gasteiger partial charge in [-0.15, -0.1) is 0 Å². The molecule has 8 heteroatoms. The van der Waals surface area contributed by atoms with Gasteiger partial charge < -0.3 is 25.2 Å². The van der Waals surface area contributed by atoms with Crippen molar-refractivity contribution in [3.05, 3.63) is 60.2 Å². The lowest BCUT2D eigenvalue weighted by atomic mass is 10.1. The minimum Gasteiger partial charge on any atom is -0.497 e. The van der Waals surface area contributed by atoms with E-state index in [1.54, 1.807) is 48.5 Å². The number of aliphatic carboxylic acids is 1. The van der Waals surface area contributed by atoms with Gasteiger partial charge in [0.25, 0.3) is 0 Å². The normalized spacial score (nSPS) is 11.2. The van der Waals surface area contributed by atoms with Crippen LogP contribution in [0.2, 0.25) is 0 Å². The Morgan fingerprint density at radius 1 is 1.04 bits per heavy atom. The van der Waals surface area contributed by atoms with Gasteiger partial charge in [0, 0.05) is 12.1 Å². The van der Waals surface area contributed by atoms with E-state index in [0.717, 1.165) is 5.56 Å². The molecule has 0 spiro atoms. The van der Waals surface area contributed by atoms with Crippen LogP contribution in [-0.4, -0.2) is 36.2 Å². The molecule has 0 saturated carbocycles. The minimum absolute atomic E-state index is 0.0248. The molecule has 0 aromatic heterocycles. The monoisotopic (exact) mass is 386 g/mol. The van der Waals surface area contributed by atoms with Gasteiger partial charge in [0.1, 0.15) is 18.4 Å². The molecule has 2 rings (SSSR count). The highest BCUT2D eigenvalue weighted by atomic mass is 16.5. The summed E-state index contributed by atoms with van der Waals surface area (Å²) in [5.74, 6) is -0.952. The lowest BCUT2D eigenvalue weighted by Gasteiger charge is -2.14. The molecule has 0 aliphatic heterocycles. The van der Waals surface area contributed by atoms with E-state index < -0.39 is 18.1 Å². The number of carboxylic acids is 1. The van der Waals surface area contributed by atoms with Gasteiger partial charge in [-0.1, -0.05) is 30.3 Å². The summed E-state index contributed by atoms with van der Waals surface area (Å²) in [6, 6.07) is 14.5. The molecule has 2 amide bonds. The van der Waals surface area contributed by atoms with E-state index in [1.165, 1.54) is 7.11 Å². The Kier molecular flexibility index (Phi) is 7.83. The number of benzene rings is 2. The fraction of sp³-hybridized carbons (Fsp3) is 0.250. The van der Waals surface area contributed by atoms with Crippen molar-refractivity contribution in [1.82, 2.24) is 5.32 Å². The molecular weight excluding hydrogens is 364 g/mol. The number of hydrogen-bond donors (Lipinski definition) is 3. The molecule has 0 unspecified atom stereocenters. The second-order valence-electron chi connectivity index (χ2n) is 5.91. The van der Waals surface area contributed by atoms with Crippen molar-refractivity contribution in [2.45, 2.75) is 25.5 Å². The number of rotatable bonds is 9. The van der Waals surface area contributed by atoms with Crippen molar-refractivity contribution in [1.29, 1.82) is 0 Å². The lowest BCUT2D eigenvalue weighted by Crippen LogP contribution is -2.41. The maximum Gasteiger partial charge on any atom is 0.408 e. The molecule has 2 aromatic rings. The number of nitrogens with one attached hydrogen (secondary N) is 2. The predicted molar refractivity (Wildman–Crippen MR) is 102 cm³/mol. The number of alkyl carbamates (subject to hydrolysis) is 1. The van der Waals surface area contributed by atoms with Crippen molar-refractivity contribution in [3.63, 3.8) is 0 Å². The predicted octanol–water partition coefficient (Wildman–Crippen LogP) is 2.79. The fourth-order valence-electron chi connectivity index (χ4n) is 2.34. The van der Waals surface area contributed by atoms with E-state index in [2.05, 4.69) is 10.6 Å². The Labute approximate surface area is 162 Å². The smallest absolute Gasteiger partial charge is 0.408 e. The Balaban J connectivity index is 1.78. The Morgan fingerprint density at radius 3 is 2.32 bits per heavy atom. The first-order valence-electron chi connectivity index (χ1n) is 8.62. The van der Waals surface area contributed by atoms with Crippen molar-refractivity contribution < 1.29 is 29.0 Å². The summed E-state index contributed by atoms with van der Waals surface area (Å²) in [5, 5.41) is 14.2. The summed E-state index contributed by atoms with van der Waals surface area (Å²) in [5.41, 5.74) is 1.34. The number of ether oxygens (including phenoxy) is 2. The number of carbonyl (C=O) groups is 3. The quantitative estimate of drug-likeness (QED) is 0.611. The first kappa shape index (κ1) is 20.8. The van der Waals surface area contributed by atoms with Crippen LogP contribution in [0.15, 0.2) is 54.6 Å². The third kappa shape index (κ3) is 6.99. The van der Waals surface area contributed by atoms with Gasteiger partial charge in [0.2, 0.25) is 5.91 Å². The molecule has 0 radical (unpaired) electrons. The Bertz CT molecular complexity index is 792. The summed E-state index contributed by atoms with van der Waals surface area (Å²) in [6.45, 7) is 0.0248. The van der Waals surface area contributed by atoms with Crippen molar-refractivity contribution in [2.75, 3.05) is 12.4 Å². The van der Waals surface area contributed by atoms with E-state index in [1.807, 2.05) is 6.07 Å². The molecule has 28 heavy (non-hydrogen) atoms. The highest BCUT2D eigenvalue weighted by Crippen LogP contribution is 2.15. The van der Waals surface area contributed by atoms with E-state index in [-0.39, 0.29) is 25.4 Å². The zero-order valence-electron chi connectivity index (χ0n) is 15.4. The van der Waals surface area contributed by atoms with Gasteiger partial charge in [-0.25, -0.2) is 9.59 Å². The zero-order valence-corrected chi connectivity index (χ0v) is 15.4. The van der Waals surface area contributed by atoms with Crippen LogP contribution in [0.4, 0.5) is 10.5 Å². The second-order valence-corrected chi connectivity index (χ2v) is 5.91. The van der Waals surface area contributed by atoms with E-state index >= 15 is 0 Å². The molecule has 1 atom stereocenters. The Hall–Kier alpha value is -3.55. The van der Waals surface area contributed by atoms with Gasteiger partial charge in [-0.05, 0) is 36.2 Å². The van der Waals surface area contributed by atoms with Gasteiger partial charge in [0.05, 0.1) is 7.11 Å². The average Bonchev–Trinajstić information content (AvgIpc) is 2.70. The maximum absolute atomic E-state index is 12.0. The highest BCUT2D eigenvalue weighted by molar-refractivity contribution is 5.91. The summed E-state index contributed by atoms with van der Waals surface area (Å²) in [6.07, 6.45) is -1.01. The van der Waals surface area contributed by atoms with Crippen LogP contribution in [0.3, 0.4) is 0 Å². The van der Waals surface area contributed by atoms with Crippen molar-refractivity contribution >= 4 is 23.7 Å². The molecular formula is C20H22N2O6. The highest BCUT2D eigenvalue weighted by Gasteiger charge is 2.21. The largest absolute Gasteiger partial charge is 0.497 e. The van der Waals surface area contributed by atoms with Crippen LogP contribution in [0.1, 0.15) is 18.4 Å². The number of carboxylic acid groups (broad SMARTS) is 1. The van der Waals surface area contributed by atoms with Crippen LogP contribution in [0, 0.1) is 0 Å². The van der Waals surface area contributed by atoms with Crippen molar-refractivity contribution in [2.24, 2.45) is 0 Å². The number of methoxy groups -OCH3 is 1. The lowest BCUT2D eigenvalue weighted by molar-refractivity contribution is -0.139. The molecule has 0 bridgehead atoms. The Morgan fingerprint density at radius 2 is 1.71 bits per heavy atom. The molecule has 0 aliphatic carbocycles. The van der Waals surface area contributed by atoms with Gasteiger partial charge in [-0.2, -0.15) is 0 Å².